The molecule has 1 saturated carbocycles. The van der Waals surface area contributed by atoms with Crippen LogP contribution >= 0.6 is 15.9 Å². The van der Waals surface area contributed by atoms with E-state index in [-0.39, 0.29) is 18.5 Å². The first-order valence-corrected chi connectivity index (χ1v) is 8.09. The summed E-state index contributed by atoms with van der Waals surface area (Å²) in [5, 5.41) is 0. The number of halogens is 1. The number of rotatable bonds is 5. The first kappa shape index (κ1) is 15.4. The lowest BCUT2D eigenvalue weighted by Gasteiger charge is -2.24. The molecule has 1 aliphatic rings. The summed E-state index contributed by atoms with van der Waals surface area (Å²) < 4.78 is 12.1. The van der Waals surface area contributed by atoms with Crippen LogP contribution in [-0.4, -0.2) is 18.7 Å². The summed E-state index contributed by atoms with van der Waals surface area (Å²) in [7, 11) is 0. The van der Waals surface area contributed by atoms with E-state index in [9.17, 15) is 4.79 Å². The Balaban J connectivity index is 2.08. The van der Waals surface area contributed by atoms with E-state index in [1.807, 2.05) is 25.1 Å². The van der Waals surface area contributed by atoms with Gasteiger partial charge in [0.05, 0.1) is 19.1 Å². The Kier molecular flexibility index (Phi) is 5.89. The number of esters is 1. The summed E-state index contributed by atoms with van der Waals surface area (Å²) in [5.41, 5.74) is 0.900. The van der Waals surface area contributed by atoms with Crippen LogP contribution in [-0.2, 0) is 16.0 Å². The zero-order valence-electron chi connectivity index (χ0n) is 11.9. The van der Waals surface area contributed by atoms with E-state index in [2.05, 4.69) is 15.9 Å². The van der Waals surface area contributed by atoms with Crippen molar-refractivity contribution in [1.29, 1.82) is 0 Å². The maximum atomic E-state index is 11.7. The van der Waals surface area contributed by atoms with Gasteiger partial charge in [0.15, 0.2) is 0 Å². The second kappa shape index (κ2) is 7.67. The van der Waals surface area contributed by atoms with E-state index in [4.69, 9.17) is 9.47 Å². The van der Waals surface area contributed by atoms with Crippen LogP contribution in [0.15, 0.2) is 22.7 Å². The summed E-state index contributed by atoms with van der Waals surface area (Å²) in [6.07, 6.45) is 6.50. The van der Waals surface area contributed by atoms with Crippen molar-refractivity contribution < 1.29 is 14.3 Å². The lowest BCUT2D eigenvalue weighted by molar-refractivity contribution is -0.142. The Hall–Kier alpha value is -1.03. The zero-order valence-corrected chi connectivity index (χ0v) is 13.4. The van der Waals surface area contributed by atoms with E-state index in [1.54, 1.807) is 0 Å². The molecule has 20 heavy (non-hydrogen) atoms. The molecule has 2 rings (SSSR count). The van der Waals surface area contributed by atoms with Gasteiger partial charge in [-0.05, 0) is 44.7 Å². The molecule has 0 amide bonds. The normalized spacial score (nSPS) is 15.9. The van der Waals surface area contributed by atoms with Gasteiger partial charge in [0.1, 0.15) is 5.75 Å². The third-order valence-electron chi connectivity index (χ3n) is 3.52. The van der Waals surface area contributed by atoms with Gasteiger partial charge in [0.2, 0.25) is 0 Å². The average molecular weight is 341 g/mol. The minimum Gasteiger partial charge on any atom is -0.490 e. The molecule has 0 spiro atoms. The number of benzene rings is 1. The van der Waals surface area contributed by atoms with Crippen LogP contribution in [0.3, 0.4) is 0 Å². The van der Waals surface area contributed by atoms with Crippen molar-refractivity contribution >= 4 is 21.9 Å². The van der Waals surface area contributed by atoms with Gasteiger partial charge in [0, 0.05) is 10.0 Å². The van der Waals surface area contributed by atoms with E-state index < -0.39 is 0 Å². The highest BCUT2D eigenvalue weighted by Gasteiger charge is 2.18. The van der Waals surface area contributed by atoms with E-state index >= 15 is 0 Å². The summed E-state index contributed by atoms with van der Waals surface area (Å²) in [5.74, 6) is 0.600. The standard InChI is InChI=1S/C16H21BrO3/c1-2-19-16(18)10-12-8-9-13(17)11-15(12)20-14-6-4-3-5-7-14/h8-9,11,14H,2-7,10H2,1H3. The second-order valence-electron chi connectivity index (χ2n) is 5.11. The highest BCUT2D eigenvalue weighted by molar-refractivity contribution is 9.10. The van der Waals surface area contributed by atoms with Crippen molar-refractivity contribution in [1.82, 2.24) is 0 Å². The largest absolute Gasteiger partial charge is 0.490 e. The van der Waals surface area contributed by atoms with Gasteiger partial charge in [-0.3, -0.25) is 4.79 Å². The van der Waals surface area contributed by atoms with Crippen molar-refractivity contribution in [2.75, 3.05) is 6.61 Å². The van der Waals surface area contributed by atoms with Gasteiger partial charge < -0.3 is 9.47 Å². The van der Waals surface area contributed by atoms with Gasteiger partial charge in [-0.1, -0.05) is 28.4 Å². The van der Waals surface area contributed by atoms with Crippen LogP contribution in [0.25, 0.3) is 0 Å². The predicted molar refractivity (Wildman–Crippen MR) is 82.0 cm³/mol. The fourth-order valence-corrected chi connectivity index (χ4v) is 2.85. The fraction of sp³-hybridized carbons (Fsp3) is 0.562. The molecule has 1 aromatic rings. The lowest BCUT2D eigenvalue weighted by Crippen LogP contribution is -2.20. The highest BCUT2D eigenvalue weighted by atomic mass is 79.9. The molecule has 4 heteroatoms. The van der Waals surface area contributed by atoms with Crippen molar-refractivity contribution in [3.05, 3.63) is 28.2 Å². The van der Waals surface area contributed by atoms with Gasteiger partial charge in [-0.25, -0.2) is 0 Å². The van der Waals surface area contributed by atoms with Crippen molar-refractivity contribution in [2.45, 2.75) is 51.6 Å². The summed E-state index contributed by atoms with van der Waals surface area (Å²) in [6, 6.07) is 5.81. The number of carbonyl (C=O) groups excluding carboxylic acids is 1. The van der Waals surface area contributed by atoms with E-state index in [0.29, 0.717) is 6.61 Å². The molecule has 0 N–H and O–H groups in total. The molecule has 3 nitrogen and oxygen atoms in total. The summed E-state index contributed by atoms with van der Waals surface area (Å²) in [4.78, 5) is 11.7. The molecule has 0 heterocycles. The Bertz CT molecular complexity index is 453. The minimum absolute atomic E-state index is 0.205. The molecule has 0 saturated heterocycles. The van der Waals surface area contributed by atoms with Crippen LogP contribution in [0.1, 0.15) is 44.6 Å². The topological polar surface area (TPSA) is 35.5 Å². The SMILES string of the molecule is CCOC(=O)Cc1ccc(Br)cc1OC1CCCCC1. The minimum atomic E-state index is -0.205. The first-order valence-electron chi connectivity index (χ1n) is 7.29. The number of hydrogen-bond acceptors (Lipinski definition) is 3. The van der Waals surface area contributed by atoms with E-state index in [1.165, 1.54) is 19.3 Å². The van der Waals surface area contributed by atoms with Crippen molar-refractivity contribution in [2.24, 2.45) is 0 Å². The molecule has 1 aromatic carbocycles. The van der Waals surface area contributed by atoms with Crippen LogP contribution in [0, 0.1) is 0 Å². The summed E-state index contributed by atoms with van der Waals surface area (Å²) in [6.45, 7) is 2.23. The monoisotopic (exact) mass is 340 g/mol. The highest BCUT2D eigenvalue weighted by Crippen LogP contribution is 2.29. The van der Waals surface area contributed by atoms with Gasteiger partial charge in [-0.2, -0.15) is 0 Å². The van der Waals surface area contributed by atoms with Crippen molar-refractivity contribution in [3.63, 3.8) is 0 Å². The molecular formula is C16H21BrO3. The molecule has 0 aromatic heterocycles. The van der Waals surface area contributed by atoms with Crippen molar-refractivity contribution in [3.8, 4) is 5.75 Å². The Morgan fingerprint density at radius 3 is 2.75 bits per heavy atom. The lowest BCUT2D eigenvalue weighted by atomic mass is 9.97. The third kappa shape index (κ3) is 4.51. The number of hydrogen-bond donors (Lipinski definition) is 0. The van der Waals surface area contributed by atoms with Gasteiger partial charge in [-0.15, -0.1) is 0 Å². The maximum Gasteiger partial charge on any atom is 0.310 e. The van der Waals surface area contributed by atoms with Crippen LogP contribution in [0.2, 0.25) is 0 Å². The zero-order chi connectivity index (χ0) is 14.4. The fourth-order valence-electron chi connectivity index (χ4n) is 2.51. The molecule has 0 bridgehead atoms. The molecule has 0 radical (unpaired) electrons. The molecule has 1 fully saturated rings. The third-order valence-corrected chi connectivity index (χ3v) is 4.01. The van der Waals surface area contributed by atoms with Gasteiger partial charge >= 0.3 is 5.97 Å². The molecule has 0 atom stereocenters. The first-order chi connectivity index (χ1) is 9.69. The van der Waals surface area contributed by atoms with Crippen LogP contribution in [0.4, 0.5) is 0 Å². The average Bonchev–Trinajstić information content (AvgIpc) is 2.43. The predicted octanol–water partition coefficient (Wildman–Crippen LogP) is 4.27. The number of carbonyl (C=O) groups is 1. The second-order valence-corrected chi connectivity index (χ2v) is 6.03. The molecular weight excluding hydrogens is 320 g/mol. The maximum absolute atomic E-state index is 11.7. The Morgan fingerprint density at radius 1 is 1.30 bits per heavy atom. The van der Waals surface area contributed by atoms with Crippen LogP contribution < -0.4 is 4.74 Å². The smallest absolute Gasteiger partial charge is 0.310 e. The Labute approximate surface area is 128 Å². The summed E-state index contributed by atoms with van der Waals surface area (Å²) >= 11 is 3.46. The van der Waals surface area contributed by atoms with Crippen LogP contribution in [0.5, 0.6) is 5.75 Å². The quantitative estimate of drug-likeness (QED) is 0.751. The number of ether oxygens (including phenoxy) is 2. The Morgan fingerprint density at radius 2 is 2.05 bits per heavy atom. The van der Waals surface area contributed by atoms with E-state index in [0.717, 1.165) is 28.6 Å². The molecule has 110 valence electrons. The molecule has 0 unspecified atom stereocenters. The van der Waals surface area contributed by atoms with Gasteiger partial charge in [0.25, 0.3) is 0 Å². The molecule has 1 aliphatic carbocycles. The molecule has 0 aliphatic heterocycles.